The second-order valence-electron chi connectivity index (χ2n) is 6.26. The molecule has 2 atom stereocenters. The molecule has 1 aliphatic carbocycles. The number of furan rings is 1. The summed E-state index contributed by atoms with van der Waals surface area (Å²) in [4.78, 5) is 27.2. The average molecular weight is 330 g/mol. The minimum atomic E-state index is -0.299. The summed E-state index contributed by atoms with van der Waals surface area (Å²) in [5.41, 5.74) is 0. The summed E-state index contributed by atoms with van der Waals surface area (Å²) in [5, 5.41) is 3.43. The molecule has 4 rings (SSSR count). The zero-order chi connectivity index (χ0) is 15.8. The summed E-state index contributed by atoms with van der Waals surface area (Å²) < 4.78 is 5.06. The Morgan fingerprint density at radius 2 is 1.96 bits per heavy atom. The van der Waals surface area contributed by atoms with E-state index >= 15 is 0 Å². The highest BCUT2D eigenvalue weighted by Gasteiger charge is 2.38. The number of nitrogens with zero attached hydrogens (tertiary/aromatic N) is 1. The minimum absolute atomic E-state index is 0.0860. The number of carbonyl (C=O) groups excluding carboxylic acids is 2. The molecule has 0 radical (unpaired) electrons. The Balaban J connectivity index is 1.41. The average Bonchev–Trinajstić information content (AvgIpc) is 3.29. The van der Waals surface area contributed by atoms with E-state index in [1.807, 2.05) is 4.90 Å². The van der Waals surface area contributed by atoms with Gasteiger partial charge in [-0.05, 0) is 48.9 Å². The first kappa shape index (κ1) is 14.5. The Morgan fingerprint density at radius 1 is 1.17 bits per heavy atom. The maximum absolute atomic E-state index is 12.6. The van der Waals surface area contributed by atoms with Gasteiger partial charge in [-0.2, -0.15) is 0 Å². The van der Waals surface area contributed by atoms with Crippen molar-refractivity contribution in [2.24, 2.45) is 11.8 Å². The number of amides is 2. The van der Waals surface area contributed by atoms with Crippen molar-refractivity contribution in [1.29, 1.82) is 0 Å². The third-order valence-electron chi connectivity index (χ3n) is 4.81. The first-order valence-electron chi connectivity index (χ1n) is 7.94. The van der Waals surface area contributed by atoms with Crippen LogP contribution >= 0.6 is 11.3 Å². The Labute approximate surface area is 138 Å². The van der Waals surface area contributed by atoms with E-state index in [0.29, 0.717) is 21.7 Å². The van der Waals surface area contributed by atoms with Crippen molar-refractivity contribution in [2.75, 3.05) is 18.4 Å². The van der Waals surface area contributed by atoms with Gasteiger partial charge in [-0.15, -0.1) is 11.3 Å². The molecular weight excluding hydrogens is 312 g/mol. The van der Waals surface area contributed by atoms with Crippen LogP contribution in [0.3, 0.4) is 0 Å². The third-order valence-corrected chi connectivity index (χ3v) is 5.80. The van der Waals surface area contributed by atoms with Gasteiger partial charge in [0.2, 0.25) is 0 Å². The number of likely N-dealkylation sites (tertiary alicyclic amines) is 1. The van der Waals surface area contributed by atoms with Crippen molar-refractivity contribution in [3.63, 3.8) is 0 Å². The lowest BCUT2D eigenvalue weighted by atomic mass is 10.0. The molecule has 2 aromatic heterocycles. The van der Waals surface area contributed by atoms with Gasteiger partial charge in [0, 0.05) is 13.1 Å². The van der Waals surface area contributed by atoms with Crippen LogP contribution in [0.5, 0.6) is 0 Å². The number of hydrogen-bond donors (Lipinski definition) is 1. The van der Waals surface area contributed by atoms with Crippen LogP contribution in [0.15, 0.2) is 34.9 Å². The summed E-state index contributed by atoms with van der Waals surface area (Å²) in [5.74, 6) is 1.43. The van der Waals surface area contributed by atoms with Gasteiger partial charge in [-0.3, -0.25) is 9.59 Å². The highest BCUT2D eigenvalue weighted by atomic mass is 32.1. The van der Waals surface area contributed by atoms with E-state index in [0.717, 1.165) is 13.1 Å². The van der Waals surface area contributed by atoms with E-state index < -0.39 is 0 Å². The van der Waals surface area contributed by atoms with E-state index in [-0.39, 0.29) is 17.6 Å². The van der Waals surface area contributed by atoms with Crippen LogP contribution in [-0.4, -0.2) is 29.8 Å². The van der Waals surface area contributed by atoms with E-state index in [1.54, 1.807) is 24.3 Å². The molecule has 1 aliphatic heterocycles. The van der Waals surface area contributed by atoms with Gasteiger partial charge in [0.1, 0.15) is 0 Å². The number of fused-ring (bicyclic) bond motifs is 1. The van der Waals surface area contributed by atoms with Crippen LogP contribution in [-0.2, 0) is 0 Å². The van der Waals surface area contributed by atoms with Crippen LogP contribution < -0.4 is 5.32 Å². The molecule has 2 amide bonds. The molecule has 3 heterocycles. The van der Waals surface area contributed by atoms with Crippen LogP contribution in [0.2, 0.25) is 0 Å². The number of hydrogen-bond acceptors (Lipinski definition) is 4. The van der Waals surface area contributed by atoms with Gasteiger partial charge in [-0.1, -0.05) is 6.42 Å². The predicted octanol–water partition coefficient (Wildman–Crippen LogP) is 3.47. The number of anilines is 1. The largest absolute Gasteiger partial charge is 0.459 e. The van der Waals surface area contributed by atoms with Crippen LogP contribution in [0.4, 0.5) is 5.00 Å². The number of nitrogens with one attached hydrogen (secondary N) is 1. The molecule has 2 unspecified atom stereocenters. The van der Waals surface area contributed by atoms with E-state index in [1.165, 1.54) is 36.9 Å². The first-order chi connectivity index (χ1) is 11.2. The standard InChI is InChI=1S/C17H18N2O3S/c20-16(13-5-2-8-22-13)18-15-7-6-14(23-15)17(21)19-9-11-3-1-4-12(11)10-19/h2,5-8,11-12H,1,3-4,9-10H2,(H,18,20). The maximum atomic E-state index is 12.6. The monoisotopic (exact) mass is 330 g/mol. The van der Waals surface area contributed by atoms with Crippen molar-refractivity contribution >= 4 is 28.2 Å². The van der Waals surface area contributed by atoms with Crippen molar-refractivity contribution in [1.82, 2.24) is 4.90 Å². The van der Waals surface area contributed by atoms with E-state index in [4.69, 9.17) is 4.42 Å². The first-order valence-corrected chi connectivity index (χ1v) is 8.76. The fraction of sp³-hybridized carbons (Fsp3) is 0.412. The molecule has 0 aromatic carbocycles. The molecule has 23 heavy (non-hydrogen) atoms. The highest BCUT2D eigenvalue weighted by Crippen LogP contribution is 2.38. The number of thiophene rings is 1. The molecule has 120 valence electrons. The smallest absolute Gasteiger partial charge is 0.291 e. The quantitative estimate of drug-likeness (QED) is 0.937. The fourth-order valence-electron chi connectivity index (χ4n) is 3.66. The lowest BCUT2D eigenvalue weighted by Gasteiger charge is -2.16. The molecule has 2 aromatic rings. The van der Waals surface area contributed by atoms with E-state index in [9.17, 15) is 9.59 Å². The summed E-state index contributed by atoms with van der Waals surface area (Å²) in [6, 6.07) is 6.84. The zero-order valence-corrected chi connectivity index (χ0v) is 13.5. The highest BCUT2D eigenvalue weighted by molar-refractivity contribution is 7.18. The third kappa shape index (κ3) is 2.79. The minimum Gasteiger partial charge on any atom is -0.459 e. The molecule has 2 aliphatic rings. The summed E-state index contributed by atoms with van der Waals surface area (Å²) in [7, 11) is 0. The zero-order valence-electron chi connectivity index (χ0n) is 12.7. The molecule has 5 nitrogen and oxygen atoms in total. The summed E-state index contributed by atoms with van der Waals surface area (Å²) >= 11 is 1.32. The Bertz CT molecular complexity index is 710. The van der Waals surface area contributed by atoms with Crippen LogP contribution in [0, 0.1) is 11.8 Å². The van der Waals surface area contributed by atoms with Gasteiger partial charge in [0.05, 0.1) is 16.1 Å². The molecule has 2 fully saturated rings. The second kappa shape index (κ2) is 5.85. The molecule has 6 heteroatoms. The van der Waals surface area contributed by atoms with Gasteiger partial charge in [0.25, 0.3) is 11.8 Å². The number of carbonyl (C=O) groups is 2. The topological polar surface area (TPSA) is 62.6 Å². The molecule has 1 saturated carbocycles. The Morgan fingerprint density at radius 3 is 2.65 bits per heavy atom. The van der Waals surface area contributed by atoms with Crippen LogP contribution in [0.1, 0.15) is 39.5 Å². The molecule has 1 N–H and O–H groups in total. The van der Waals surface area contributed by atoms with Crippen LogP contribution in [0.25, 0.3) is 0 Å². The normalized spacial score (nSPS) is 23.0. The lowest BCUT2D eigenvalue weighted by molar-refractivity contribution is 0.0785. The molecular formula is C17H18N2O3S. The van der Waals surface area contributed by atoms with Crippen molar-refractivity contribution in [3.8, 4) is 0 Å². The predicted molar refractivity (Wildman–Crippen MR) is 87.7 cm³/mol. The van der Waals surface area contributed by atoms with Crippen molar-refractivity contribution in [3.05, 3.63) is 41.2 Å². The molecule has 1 saturated heterocycles. The van der Waals surface area contributed by atoms with Crippen molar-refractivity contribution in [2.45, 2.75) is 19.3 Å². The summed E-state index contributed by atoms with van der Waals surface area (Å²) in [6.45, 7) is 1.77. The van der Waals surface area contributed by atoms with E-state index in [2.05, 4.69) is 5.32 Å². The van der Waals surface area contributed by atoms with Gasteiger partial charge >= 0.3 is 0 Å². The van der Waals surface area contributed by atoms with Crippen molar-refractivity contribution < 1.29 is 14.0 Å². The number of rotatable bonds is 3. The van der Waals surface area contributed by atoms with Gasteiger partial charge < -0.3 is 14.6 Å². The lowest BCUT2D eigenvalue weighted by Crippen LogP contribution is -2.28. The Kier molecular flexibility index (Phi) is 3.69. The fourth-order valence-corrected chi connectivity index (χ4v) is 4.53. The summed E-state index contributed by atoms with van der Waals surface area (Å²) in [6.07, 6.45) is 5.27. The second-order valence-corrected chi connectivity index (χ2v) is 7.34. The van der Waals surface area contributed by atoms with Gasteiger partial charge in [0.15, 0.2) is 5.76 Å². The molecule has 0 spiro atoms. The Hall–Kier alpha value is -2.08. The van der Waals surface area contributed by atoms with Gasteiger partial charge in [-0.25, -0.2) is 0 Å². The molecule has 0 bridgehead atoms. The maximum Gasteiger partial charge on any atom is 0.291 e. The SMILES string of the molecule is O=C(Nc1ccc(C(=O)N2CC3CCCC3C2)s1)c1ccco1.